The highest BCUT2D eigenvalue weighted by atomic mass is 32.2. The Morgan fingerprint density at radius 1 is 0.897 bits per heavy atom. The van der Waals surface area contributed by atoms with Crippen LogP contribution in [0.1, 0.15) is 29.8 Å². The van der Waals surface area contributed by atoms with Crippen LogP contribution in [0.5, 0.6) is 11.5 Å². The Balaban J connectivity index is 2.09. The predicted molar refractivity (Wildman–Crippen MR) is 109 cm³/mol. The van der Waals surface area contributed by atoms with E-state index in [1.807, 2.05) is 6.92 Å². The molecule has 3 rings (SSSR count). The van der Waals surface area contributed by atoms with Gasteiger partial charge in [0.2, 0.25) is 0 Å². The molecule has 0 bridgehead atoms. The van der Waals surface area contributed by atoms with Gasteiger partial charge < -0.3 is 13.7 Å². The SMILES string of the molecule is CCOC(=O)c1c(OCC)cc2c(OS(=O)(=O)c3ccc(C)cc3)ccccc1-2. The van der Waals surface area contributed by atoms with E-state index in [4.69, 9.17) is 13.7 Å². The second-order valence-electron chi connectivity index (χ2n) is 6.30. The van der Waals surface area contributed by atoms with Gasteiger partial charge in [0.15, 0.2) is 5.75 Å². The largest absolute Gasteiger partial charge is 0.493 e. The van der Waals surface area contributed by atoms with E-state index in [1.165, 1.54) is 12.1 Å². The third-order valence-corrected chi connectivity index (χ3v) is 5.51. The van der Waals surface area contributed by atoms with Crippen LogP contribution < -0.4 is 8.92 Å². The Labute approximate surface area is 170 Å². The van der Waals surface area contributed by atoms with Crippen LogP contribution in [0.25, 0.3) is 11.1 Å². The smallest absolute Gasteiger partial charge is 0.342 e. The molecule has 0 aromatic heterocycles. The molecule has 1 aromatic carbocycles. The summed E-state index contributed by atoms with van der Waals surface area (Å²) >= 11 is 0. The van der Waals surface area contributed by atoms with E-state index in [2.05, 4.69) is 0 Å². The first kappa shape index (κ1) is 20.7. The number of benzene rings is 1. The monoisotopic (exact) mass is 414 g/mol. The molecule has 6 nitrogen and oxygen atoms in total. The summed E-state index contributed by atoms with van der Waals surface area (Å²) < 4.78 is 41.7. The topological polar surface area (TPSA) is 78.9 Å². The molecule has 7 heteroatoms. The minimum Gasteiger partial charge on any atom is -0.493 e. The molecule has 0 saturated heterocycles. The first-order chi connectivity index (χ1) is 13.9. The molecule has 0 unspecified atom stereocenters. The number of carbonyl (C=O) groups excluding carboxylic acids is 1. The summed E-state index contributed by atoms with van der Waals surface area (Å²) in [6.07, 6.45) is 0. The van der Waals surface area contributed by atoms with E-state index < -0.39 is 16.1 Å². The van der Waals surface area contributed by atoms with Crippen molar-refractivity contribution in [2.75, 3.05) is 13.2 Å². The fraction of sp³-hybridized carbons (Fsp3) is 0.227. The molecule has 0 saturated carbocycles. The van der Waals surface area contributed by atoms with E-state index in [9.17, 15) is 13.2 Å². The van der Waals surface area contributed by atoms with Gasteiger partial charge in [-0.1, -0.05) is 35.9 Å². The molecule has 0 N–H and O–H groups in total. The fourth-order valence-electron chi connectivity index (χ4n) is 2.94. The van der Waals surface area contributed by atoms with Crippen molar-refractivity contribution in [1.82, 2.24) is 0 Å². The van der Waals surface area contributed by atoms with Gasteiger partial charge in [0.25, 0.3) is 0 Å². The first-order valence-corrected chi connectivity index (χ1v) is 10.6. The summed E-state index contributed by atoms with van der Waals surface area (Å²) in [6.45, 7) is 5.93. The van der Waals surface area contributed by atoms with Gasteiger partial charge in [-0.15, -0.1) is 0 Å². The average Bonchev–Trinajstić information content (AvgIpc) is 2.92. The molecule has 0 fully saturated rings. The molecule has 2 aliphatic rings. The number of ether oxygens (including phenoxy) is 2. The van der Waals surface area contributed by atoms with Crippen LogP contribution in [-0.4, -0.2) is 27.6 Å². The van der Waals surface area contributed by atoms with Crippen molar-refractivity contribution in [3.05, 3.63) is 65.7 Å². The zero-order valence-corrected chi connectivity index (χ0v) is 17.3. The van der Waals surface area contributed by atoms with Gasteiger partial charge in [0, 0.05) is 11.1 Å². The van der Waals surface area contributed by atoms with Crippen molar-refractivity contribution < 1.29 is 26.9 Å². The van der Waals surface area contributed by atoms with E-state index in [0.717, 1.165) is 5.56 Å². The Hall–Kier alpha value is -3.06. The van der Waals surface area contributed by atoms with Gasteiger partial charge in [0.1, 0.15) is 16.2 Å². The molecule has 1 aromatic rings. The Bertz CT molecular complexity index is 1090. The third kappa shape index (κ3) is 4.35. The van der Waals surface area contributed by atoms with E-state index in [1.54, 1.807) is 56.3 Å². The molecule has 29 heavy (non-hydrogen) atoms. The van der Waals surface area contributed by atoms with Crippen LogP contribution >= 0.6 is 0 Å². The van der Waals surface area contributed by atoms with Crippen LogP contribution in [-0.2, 0) is 14.9 Å². The maximum Gasteiger partial charge on any atom is 0.342 e. The van der Waals surface area contributed by atoms with E-state index >= 15 is 0 Å². The second kappa shape index (κ2) is 8.53. The molecule has 0 spiro atoms. The Kier molecular flexibility index (Phi) is 6.08. The highest BCUT2D eigenvalue weighted by Crippen LogP contribution is 2.42. The molecular formula is C22H22O6S. The lowest BCUT2D eigenvalue weighted by atomic mass is 10.1. The maximum absolute atomic E-state index is 12.8. The summed E-state index contributed by atoms with van der Waals surface area (Å²) in [7, 11) is -4.05. The van der Waals surface area contributed by atoms with Crippen LogP contribution in [0.15, 0.2) is 59.5 Å². The summed E-state index contributed by atoms with van der Waals surface area (Å²) in [6, 6.07) is 14.6. The lowest BCUT2D eigenvalue weighted by molar-refractivity contribution is 0.0523. The number of aryl methyl sites for hydroxylation is 1. The molecule has 0 aliphatic heterocycles. The fourth-order valence-corrected chi connectivity index (χ4v) is 3.88. The zero-order chi connectivity index (χ0) is 21.0. The zero-order valence-electron chi connectivity index (χ0n) is 16.5. The molecule has 0 radical (unpaired) electrons. The van der Waals surface area contributed by atoms with Gasteiger partial charge in [-0.3, -0.25) is 0 Å². The molecule has 2 aliphatic carbocycles. The van der Waals surface area contributed by atoms with Crippen LogP contribution in [0, 0.1) is 6.92 Å². The van der Waals surface area contributed by atoms with Crippen molar-refractivity contribution in [3.63, 3.8) is 0 Å². The number of esters is 1. The van der Waals surface area contributed by atoms with Crippen molar-refractivity contribution in [2.24, 2.45) is 0 Å². The number of fused-ring (bicyclic) bond motifs is 1. The van der Waals surface area contributed by atoms with Crippen LogP contribution in [0.2, 0.25) is 0 Å². The van der Waals surface area contributed by atoms with Crippen molar-refractivity contribution >= 4 is 16.1 Å². The highest BCUT2D eigenvalue weighted by molar-refractivity contribution is 7.87. The quantitative estimate of drug-likeness (QED) is 0.420. The number of hydrogen-bond acceptors (Lipinski definition) is 6. The first-order valence-electron chi connectivity index (χ1n) is 9.24. The minimum absolute atomic E-state index is 0.0463. The molecule has 152 valence electrons. The Morgan fingerprint density at radius 2 is 1.59 bits per heavy atom. The van der Waals surface area contributed by atoms with Gasteiger partial charge in [-0.2, -0.15) is 8.42 Å². The van der Waals surface area contributed by atoms with Crippen molar-refractivity contribution in [2.45, 2.75) is 25.7 Å². The predicted octanol–water partition coefficient (Wildman–Crippen LogP) is 4.44. The van der Waals surface area contributed by atoms with Crippen LogP contribution in [0.3, 0.4) is 0 Å². The van der Waals surface area contributed by atoms with Gasteiger partial charge >= 0.3 is 16.1 Å². The summed E-state index contributed by atoms with van der Waals surface area (Å²) in [5.74, 6) is -0.115. The third-order valence-electron chi connectivity index (χ3n) is 4.26. The van der Waals surface area contributed by atoms with Gasteiger partial charge in [0.05, 0.1) is 13.2 Å². The molecule has 0 heterocycles. The second-order valence-corrected chi connectivity index (χ2v) is 7.84. The summed E-state index contributed by atoms with van der Waals surface area (Å²) in [4.78, 5) is 12.6. The van der Waals surface area contributed by atoms with Crippen molar-refractivity contribution in [1.29, 1.82) is 0 Å². The number of rotatable bonds is 7. The summed E-state index contributed by atoms with van der Waals surface area (Å²) in [5, 5.41) is 0. The minimum atomic E-state index is -4.05. The standard InChI is InChI=1S/C22H22O6S/c1-4-26-20-14-18-17(21(20)22(23)27-5-2)8-6-7-9-19(18)28-29(24,25)16-12-10-15(3)11-13-16/h6-14H,4-5H2,1-3H3. The van der Waals surface area contributed by atoms with Crippen LogP contribution in [0.4, 0.5) is 0 Å². The molecular weight excluding hydrogens is 392 g/mol. The van der Waals surface area contributed by atoms with E-state index in [-0.39, 0.29) is 22.8 Å². The average molecular weight is 414 g/mol. The number of carbonyl (C=O) groups is 1. The normalized spacial score (nSPS) is 11.3. The van der Waals surface area contributed by atoms with Gasteiger partial charge in [-0.25, -0.2) is 4.79 Å². The van der Waals surface area contributed by atoms with Crippen molar-refractivity contribution in [3.8, 4) is 22.6 Å². The lowest BCUT2D eigenvalue weighted by Crippen LogP contribution is -2.10. The molecule has 0 atom stereocenters. The maximum atomic E-state index is 12.8. The summed E-state index contributed by atoms with van der Waals surface area (Å²) in [5.41, 5.74) is 2.12. The number of hydrogen-bond donors (Lipinski definition) is 0. The highest BCUT2D eigenvalue weighted by Gasteiger charge is 2.28. The lowest BCUT2D eigenvalue weighted by Gasteiger charge is -2.09. The van der Waals surface area contributed by atoms with E-state index in [0.29, 0.717) is 23.5 Å². The van der Waals surface area contributed by atoms with Gasteiger partial charge in [-0.05, 0) is 45.0 Å². The molecule has 0 amide bonds. The Morgan fingerprint density at radius 3 is 2.24 bits per heavy atom.